The van der Waals surface area contributed by atoms with E-state index in [1.807, 2.05) is 17.0 Å². The van der Waals surface area contributed by atoms with Crippen LogP contribution in [0, 0.1) is 24.1 Å². The first-order valence-corrected chi connectivity index (χ1v) is 12.3. The number of halogens is 1. The summed E-state index contributed by atoms with van der Waals surface area (Å²) in [5.74, 6) is -0.702. The molecular formula is C26H27FN4O3S. The number of nitrogens with one attached hydrogen (secondary N) is 1. The van der Waals surface area contributed by atoms with Gasteiger partial charge in [0.25, 0.3) is 0 Å². The third-order valence-corrected chi connectivity index (χ3v) is 7.34. The summed E-state index contributed by atoms with van der Waals surface area (Å²) < 4.78 is 40.0. The van der Waals surface area contributed by atoms with Crippen molar-refractivity contribution in [2.24, 2.45) is 0 Å². The number of nitriles is 1. The minimum Gasteiger partial charge on any atom is -0.325 e. The molecule has 0 unspecified atom stereocenters. The zero-order valence-corrected chi connectivity index (χ0v) is 20.6. The van der Waals surface area contributed by atoms with E-state index in [0.717, 1.165) is 9.87 Å². The molecule has 3 rings (SSSR count). The number of anilines is 1. The van der Waals surface area contributed by atoms with E-state index < -0.39 is 10.0 Å². The van der Waals surface area contributed by atoms with Crippen molar-refractivity contribution in [3.63, 3.8) is 0 Å². The van der Waals surface area contributed by atoms with Gasteiger partial charge in [0, 0.05) is 32.9 Å². The average Bonchev–Trinajstić information content (AvgIpc) is 2.80. The van der Waals surface area contributed by atoms with Gasteiger partial charge in [0.2, 0.25) is 15.9 Å². The average molecular weight is 495 g/mol. The van der Waals surface area contributed by atoms with Crippen molar-refractivity contribution in [3.8, 4) is 6.07 Å². The third-order valence-electron chi connectivity index (χ3n) is 5.38. The lowest BCUT2D eigenvalue weighted by Gasteiger charge is -2.22. The summed E-state index contributed by atoms with van der Waals surface area (Å²) in [4.78, 5) is 14.9. The summed E-state index contributed by atoms with van der Waals surface area (Å²) in [5.41, 5.74) is 3.07. The highest BCUT2D eigenvalue weighted by atomic mass is 32.2. The fraction of sp³-hybridized carbons (Fsp3) is 0.231. The number of amides is 1. The molecule has 35 heavy (non-hydrogen) atoms. The Hall–Kier alpha value is -3.58. The van der Waals surface area contributed by atoms with Gasteiger partial charge in [-0.3, -0.25) is 9.69 Å². The Bertz CT molecular complexity index is 1350. The maximum Gasteiger partial charge on any atom is 0.242 e. The quantitative estimate of drug-likeness (QED) is 0.487. The molecule has 3 aromatic carbocycles. The number of hydrogen-bond donors (Lipinski definition) is 1. The van der Waals surface area contributed by atoms with Gasteiger partial charge in [0.05, 0.1) is 23.1 Å². The summed E-state index contributed by atoms with van der Waals surface area (Å²) in [6.07, 6.45) is 0. The molecule has 0 saturated carbocycles. The minimum absolute atomic E-state index is 0.0137. The van der Waals surface area contributed by atoms with Crippen LogP contribution in [0.2, 0.25) is 0 Å². The number of nitrogens with zero attached hydrogens (tertiary/aromatic N) is 3. The Balaban J connectivity index is 1.80. The largest absolute Gasteiger partial charge is 0.325 e. The fourth-order valence-corrected chi connectivity index (χ4v) is 4.70. The molecule has 0 heterocycles. The Morgan fingerprint density at radius 3 is 2.31 bits per heavy atom. The molecule has 0 aliphatic carbocycles. The highest BCUT2D eigenvalue weighted by Gasteiger charge is 2.21. The van der Waals surface area contributed by atoms with Crippen molar-refractivity contribution in [1.82, 2.24) is 9.21 Å². The van der Waals surface area contributed by atoms with Gasteiger partial charge in [0.1, 0.15) is 5.82 Å². The summed E-state index contributed by atoms with van der Waals surface area (Å²) in [5, 5.41) is 11.8. The molecule has 7 nitrogen and oxygen atoms in total. The second-order valence-electron chi connectivity index (χ2n) is 8.40. The topological polar surface area (TPSA) is 93.5 Å². The van der Waals surface area contributed by atoms with E-state index in [1.165, 1.54) is 32.3 Å². The standard InChI is InChI=1S/C26H27FN4O3S/c1-19-7-12-24(14-25(19)35(33,34)30(2)3)29-26(32)18-31(17-22-5-4-6-23(27)13-22)16-21-10-8-20(15-28)9-11-21/h4-14H,16-18H2,1-3H3,(H,29,32). The minimum atomic E-state index is -3.67. The highest BCUT2D eigenvalue weighted by molar-refractivity contribution is 7.89. The van der Waals surface area contributed by atoms with Crippen molar-refractivity contribution in [2.75, 3.05) is 26.0 Å². The molecule has 0 spiro atoms. The lowest BCUT2D eigenvalue weighted by molar-refractivity contribution is -0.117. The van der Waals surface area contributed by atoms with Crippen LogP contribution in [0.1, 0.15) is 22.3 Å². The number of carbonyl (C=O) groups excluding carboxylic acids is 1. The van der Waals surface area contributed by atoms with Crippen molar-refractivity contribution in [1.29, 1.82) is 5.26 Å². The van der Waals surface area contributed by atoms with E-state index in [2.05, 4.69) is 11.4 Å². The van der Waals surface area contributed by atoms with Crippen molar-refractivity contribution < 1.29 is 17.6 Å². The first-order chi connectivity index (χ1) is 16.6. The molecule has 1 amide bonds. The van der Waals surface area contributed by atoms with Crippen LogP contribution in [-0.4, -0.2) is 44.2 Å². The first-order valence-electron chi connectivity index (χ1n) is 10.9. The molecule has 3 aromatic rings. The summed E-state index contributed by atoms with van der Waals surface area (Å²) in [6.45, 7) is 2.39. The van der Waals surface area contributed by atoms with Crippen LogP contribution in [-0.2, 0) is 27.9 Å². The van der Waals surface area contributed by atoms with E-state index in [9.17, 15) is 17.6 Å². The lowest BCUT2D eigenvalue weighted by Crippen LogP contribution is -2.32. The predicted octanol–water partition coefficient (Wildman–Crippen LogP) is 3.90. The van der Waals surface area contributed by atoms with Gasteiger partial charge in [-0.25, -0.2) is 17.1 Å². The number of sulfonamides is 1. The van der Waals surface area contributed by atoms with E-state index in [4.69, 9.17) is 5.26 Å². The molecule has 0 bridgehead atoms. The molecule has 0 fully saturated rings. The summed E-state index contributed by atoms with van der Waals surface area (Å²) in [6, 6.07) is 20.0. The Morgan fingerprint density at radius 1 is 1.00 bits per heavy atom. The molecule has 9 heteroatoms. The van der Waals surface area contributed by atoms with Crippen LogP contribution in [0.4, 0.5) is 10.1 Å². The molecule has 0 atom stereocenters. The number of rotatable bonds is 9. The number of carbonyl (C=O) groups is 1. The van der Waals surface area contributed by atoms with Crippen molar-refractivity contribution >= 4 is 21.6 Å². The zero-order chi connectivity index (χ0) is 25.6. The van der Waals surface area contributed by atoms with Crippen LogP contribution < -0.4 is 5.32 Å². The van der Waals surface area contributed by atoms with Gasteiger partial charge in [0.15, 0.2) is 0 Å². The van der Waals surface area contributed by atoms with E-state index in [1.54, 1.807) is 43.3 Å². The summed E-state index contributed by atoms with van der Waals surface area (Å²) >= 11 is 0. The molecule has 1 N–H and O–H groups in total. The molecule has 0 radical (unpaired) electrons. The number of hydrogen-bond acceptors (Lipinski definition) is 5. The van der Waals surface area contributed by atoms with Crippen LogP contribution in [0.25, 0.3) is 0 Å². The fourth-order valence-electron chi connectivity index (χ4n) is 3.56. The van der Waals surface area contributed by atoms with Crippen LogP contribution in [0.5, 0.6) is 0 Å². The zero-order valence-electron chi connectivity index (χ0n) is 19.8. The van der Waals surface area contributed by atoms with Crippen LogP contribution in [0.15, 0.2) is 71.6 Å². The Kier molecular flexibility index (Phi) is 8.35. The van der Waals surface area contributed by atoms with E-state index in [0.29, 0.717) is 35.5 Å². The van der Waals surface area contributed by atoms with Gasteiger partial charge in [-0.2, -0.15) is 5.26 Å². The van der Waals surface area contributed by atoms with Crippen molar-refractivity contribution in [3.05, 3.63) is 94.8 Å². The van der Waals surface area contributed by atoms with Crippen LogP contribution >= 0.6 is 0 Å². The SMILES string of the molecule is Cc1ccc(NC(=O)CN(Cc2ccc(C#N)cc2)Cc2cccc(F)c2)cc1S(=O)(=O)N(C)C. The number of benzene rings is 3. The van der Waals surface area contributed by atoms with E-state index >= 15 is 0 Å². The Morgan fingerprint density at radius 2 is 1.69 bits per heavy atom. The molecular weight excluding hydrogens is 467 g/mol. The molecule has 0 aromatic heterocycles. The Labute approximate surface area is 205 Å². The van der Waals surface area contributed by atoms with Crippen LogP contribution in [0.3, 0.4) is 0 Å². The maximum atomic E-state index is 13.7. The second-order valence-corrected chi connectivity index (χ2v) is 10.5. The molecule has 182 valence electrons. The van der Waals surface area contributed by atoms with Gasteiger partial charge >= 0.3 is 0 Å². The molecule has 0 aliphatic heterocycles. The van der Waals surface area contributed by atoms with Gasteiger partial charge in [-0.15, -0.1) is 0 Å². The second kappa shape index (κ2) is 11.2. The molecule has 0 aliphatic rings. The number of aryl methyl sites for hydroxylation is 1. The molecule has 0 saturated heterocycles. The predicted molar refractivity (Wildman–Crippen MR) is 132 cm³/mol. The highest BCUT2D eigenvalue weighted by Crippen LogP contribution is 2.22. The monoisotopic (exact) mass is 494 g/mol. The maximum absolute atomic E-state index is 13.7. The third kappa shape index (κ3) is 6.96. The van der Waals surface area contributed by atoms with Gasteiger partial charge in [-0.1, -0.05) is 30.3 Å². The van der Waals surface area contributed by atoms with Gasteiger partial charge < -0.3 is 5.32 Å². The summed E-state index contributed by atoms with van der Waals surface area (Å²) in [7, 11) is -0.763. The van der Waals surface area contributed by atoms with Gasteiger partial charge in [-0.05, 0) is 60.0 Å². The normalized spacial score (nSPS) is 11.5. The smallest absolute Gasteiger partial charge is 0.242 e. The van der Waals surface area contributed by atoms with Crippen molar-refractivity contribution in [2.45, 2.75) is 24.9 Å². The van der Waals surface area contributed by atoms with E-state index in [-0.39, 0.29) is 23.2 Å². The lowest BCUT2D eigenvalue weighted by atomic mass is 10.1. The first kappa shape index (κ1) is 26.0.